The second kappa shape index (κ2) is 11.7. The normalized spacial score (nSPS) is 15.8. The second-order valence-corrected chi connectivity index (χ2v) is 11.2. The Balaban J connectivity index is 1.61. The third-order valence-electron chi connectivity index (χ3n) is 6.38. The van der Waals surface area contributed by atoms with Crippen molar-refractivity contribution in [3.05, 3.63) is 48.0 Å². The van der Waals surface area contributed by atoms with Crippen molar-refractivity contribution in [1.82, 2.24) is 9.62 Å². The van der Waals surface area contributed by atoms with Gasteiger partial charge in [-0.2, -0.15) is 4.31 Å². The van der Waals surface area contributed by atoms with Crippen molar-refractivity contribution < 1.29 is 27.5 Å². The van der Waals surface area contributed by atoms with Crippen LogP contribution in [0.2, 0.25) is 0 Å². The molecule has 2 amide bonds. The minimum absolute atomic E-state index is 0.156. The van der Waals surface area contributed by atoms with E-state index in [1.54, 1.807) is 42.5 Å². The van der Waals surface area contributed by atoms with Crippen LogP contribution in [0.3, 0.4) is 0 Å². The Morgan fingerprint density at radius 1 is 0.972 bits per heavy atom. The molecule has 9 nitrogen and oxygen atoms in total. The number of carbonyl (C=O) groups is 2. The number of hydrogen-bond donors (Lipinski definition) is 2. The molecule has 0 unspecified atom stereocenters. The number of nitrogens with zero attached hydrogens (tertiary/aromatic N) is 1. The molecule has 0 radical (unpaired) electrons. The van der Waals surface area contributed by atoms with Crippen molar-refractivity contribution in [1.29, 1.82) is 0 Å². The lowest BCUT2D eigenvalue weighted by Crippen LogP contribution is -2.50. The van der Waals surface area contributed by atoms with Crippen LogP contribution in [0.1, 0.15) is 32.3 Å². The third-order valence-corrected chi connectivity index (χ3v) is 8.29. The number of anilines is 1. The number of benzene rings is 2. The Labute approximate surface area is 213 Å². The van der Waals surface area contributed by atoms with Crippen molar-refractivity contribution >= 4 is 27.5 Å². The van der Waals surface area contributed by atoms with Crippen LogP contribution in [0.4, 0.5) is 5.69 Å². The van der Waals surface area contributed by atoms with E-state index in [0.717, 1.165) is 5.56 Å². The fraction of sp³-hybridized carbons (Fsp3) is 0.462. The fourth-order valence-corrected chi connectivity index (χ4v) is 5.63. The quantitative estimate of drug-likeness (QED) is 0.528. The zero-order valence-electron chi connectivity index (χ0n) is 21.4. The average molecular weight is 518 g/mol. The van der Waals surface area contributed by atoms with Gasteiger partial charge in [0.2, 0.25) is 21.8 Å². The van der Waals surface area contributed by atoms with Crippen molar-refractivity contribution in [2.24, 2.45) is 11.8 Å². The summed E-state index contributed by atoms with van der Waals surface area (Å²) >= 11 is 0. The minimum Gasteiger partial charge on any atom is -0.493 e. The van der Waals surface area contributed by atoms with Crippen molar-refractivity contribution in [3.63, 3.8) is 0 Å². The number of methoxy groups -OCH3 is 2. The first-order valence-electron chi connectivity index (χ1n) is 12.0. The molecule has 0 bridgehead atoms. The third kappa shape index (κ3) is 6.36. The van der Waals surface area contributed by atoms with Gasteiger partial charge in [0.1, 0.15) is 6.04 Å². The largest absolute Gasteiger partial charge is 0.493 e. The Bertz CT molecular complexity index is 1170. The highest BCUT2D eigenvalue weighted by Crippen LogP contribution is 2.30. The van der Waals surface area contributed by atoms with Gasteiger partial charge in [-0.25, -0.2) is 8.42 Å². The molecule has 1 atom stereocenters. The molecule has 36 heavy (non-hydrogen) atoms. The lowest BCUT2D eigenvalue weighted by atomic mass is 9.95. The van der Waals surface area contributed by atoms with Crippen LogP contribution in [0.25, 0.3) is 0 Å². The van der Waals surface area contributed by atoms with E-state index in [1.165, 1.54) is 18.5 Å². The van der Waals surface area contributed by atoms with Crippen molar-refractivity contribution in [3.8, 4) is 11.5 Å². The van der Waals surface area contributed by atoms with E-state index in [4.69, 9.17) is 9.47 Å². The first-order chi connectivity index (χ1) is 17.1. The summed E-state index contributed by atoms with van der Waals surface area (Å²) in [7, 11) is -0.563. The van der Waals surface area contributed by atoms with Gasteiger partial charge in [0.15, 0.2) is 11.5 Å². The number of amides is 2. The first-order valence-corrected chi connectivity index (χ1v) is 13.4. The van der Waals surface area contributed by atoms with E-state index >= 15 is 0 Å². The molecule has 1 aliphatic heterocycles. The van der Waals surface area contributed by atoms with Gasteiger partial charge >= 0.3 is 0 Å². The zero-order valence-corrected chi connectivity index (χ0v) is 22.2. The molecule has 3 rings (SSSR count). The smallest absolute Gasteiger partial charge is 0.247 e. The number of aryl methyl sites for hydroxylation is 1. The fourth-order valence-electron chi connectivity index (χ4n) is 4.16. The molecule has 2 N–H and O–H groups in total. The van der Waals surface area contributed by atoms with Gasteiger partial charge in [-0.15, -0.1) is 0 Å². The monoisotopic (exact) mass is 517 g/mol. The van der Waals surface area contributed by atoms with E-state index in [2.05, 4.69) is 10.6 Å². The lowest BCUT2D eigenvalue weighted by molar-refractivity contribution is -0.130. The van der Waals surface area contributed by atoms with Crippen LogP contribution in [-0.2, 0) is 19.6 Å². The van der Waals surface area contributed by atoms with Crippen LogP contribution in [0.15, 0.2) is 47.4 Å². The summed E-state index contributed by atoms with van der Waals surface area (Å²) in [6, 6.07) is 11.0. The maximum atomic E-state index is 13.0. The molecule has 196 valence electrons. The number of rotatable bonds is 9. The van der Waals surface area contributed by atoms with Crippen LogP contribution >= 0.6 is 0 Å². The lowest BCUT2D eigenvalue weighted by Gasteiger charge is -2.32. The van der Waals surface area contributed by atoms with Crippen LogP contribution in [-0.4, -0.2) is 57.9 Å². The van der Waals surface area contributed by atoms with Crippen LogP contribution in [0, 0.1) is 18.8 Å². The predicted molar refractivity (Wildman–Crippen MR) is 138 cm³/mol. The molecule has 1 fully saturated rings. The van der Waals surface area contributed by atoms with Crippen molar-refractivity contribution in [2.45, 2.75) is 44.6 Å². The van der Waals surface area contributed by atoms with Crippen molar-refractivity contribution in [2.75, 3.05) is 32.6 Å². The number of piperidine rings is 1. The molecule has 0 aliphatic carbocycles. The highest BCUT2D eigenvalue weighted by molar-refractivity contribution is 7.89. The summed E-state index contributed by atoms with van der Waals surface area (Å²) in [5.41, 5.74) is 1.51. The molecule has 0 saturated carbocycles. The summed E-state index contributed by atoms with van der Waals surface area (Å²) in [4.78, 5) is 26.3. The van der Waals surface area contributed by atoms with E-state index in [-0.39, 0.29) is 41.6 Å². The highest BCUT2D eigenvalue weighted by atomic mass is 32.2. The van der Waals surface area contributed by atoms with E-state index < -0.39 is 16.1 Å². The van der Waals surface area contributed by atoms with Gasteiger partial charge in [0, 0.05) is 30.8 Å². The molecule has 0 aromatic heterocycles. The van der Waals surface area contributed by atoms with Crippen LogP contribution in [0.5, 0.6) is 11.5 Å². The Morgan fingerprint density at radius 2 is 1.58 bits per heavy atom. The van der Waals surface area contributed by atoms with Gasteiger partial charge in [0.25, 0.3) is 0 Å². The van der Waals surface area contributed by atoms with Gasteiger partial charge in [0.05, 0.1) is 19.1 Å². The van der Waals surface area contributed by atoms with E-state index in [1.807, 2.05) is 20.8 Å². The number of hydrogen-bond acceptors (Lipinski definition) is 6. The summed E-state index contributed by atoms with van der Waals surface area (Å²) < 4.78 is 37.8. The summed E-state index contributed by atoms with van der Waals surface area (Å²) in [6.45, 7) is 6.11. The molecule has 2 aromatic carbocycles. The molecule has 0 spiro atoms. The second-order valence-electron chi connectivity index (χ2n) is 9.28. The van der Waals surface area contributed by atoms with Gasteiger partial charge < -0.3 is 20.1 Å². The first kappa shape index (κ1) is 27.5. The van der Waals surface area contributed by atoms with E-state index in [0.29, 0.717) is 30.0 Å². The predicted octanol–water partition coefficient (Wildman–Crippen LogP) is 3.19. The molecule has 1 aliphatic rings. The van der Waals surface area contributed by atoms with E-state index in [9.17, 15) is 18.0 Å². The summed E-state index contributed by atoms with van der Waals surface area (Å²) in [5.74, 6) is -0.0954. The van der Waals surface area contributed by atoms with Crippen LogP contribution < -0.4 is 20.1 Å². The number of ether oxygens (including phenoxy) is 2. The average Bonchev–Trinajstić information content (AvgIpc) is 2.87. The maximum absolute atomic E-state index is 13.0. The van der Waals surface area contributed by atoms with Gasteiger partial charge in [-0.05, 0) is 49.9 Å². The standard InChI is InChI=1S/C26H35N3O6S/c1-17(2)24(26(31)27-20-8-11-22(34-4)23(16-20)35-5)28-25(30)19-12-14-29(15-13-19)36(32,33)21-9-6-18(3)7-10-21/h6-11,16-17,19,24H,12-15H2,1-5H3,(H,27,31)(H,28,30)/t24-/m0/s1. The Kier molecular flexibility index (Phi) is 8.97. The molecular weight excluding hydrogens is 482 g/mol. The SMILES string of the molecule is COc1ccc(NC(=O)[C@@H](NC(=O)C2CCN(S(=O)(=O)c3ccc(C)cc3)CC2)C(C)C)cc1OC. The molecule has 2 aromatic rings. The highest BCUT2D eigenvalue weighted by Gasteiger charge is 2.34. The molecule has 1 heterocycles. The Hall–Kier alpha value is -3.11. The van der Waals surface area contributed by atoms with Gasteiger partial charge in [-0.1, -0.05) is 31.5 Å². The number of nitrogens with one attached hydrogen (secondary N) is 2. The van der Waals surface area contributed by atoms with Gasteiger partial charge in [-0.3, -0.25) is 9.59 Å². The molecular formula is C26H35N3O6S. The number of sulfonamides is 1. The maximum Gasteiger partial charge on any atom is 0.247 e. The summed E-state index contributed by atoms with van der Waals surface area (Å²) in [5, 5.41) is 5.70. The molecule has 10 heteroatoms. The number of carbonyl (C=O) groups excluding carboxylic acids is 2. The minimum atomic E-state index is -3.60. The molecule has 1 saturated heterocycles. The topological polar surface area (TPSA) is 114 Å². The summed E-state index contributed by atoms with van der Waals surface area (Å²) in [6.07, 6.45) is 0.776. The Morgan fingerprint density at radius 3 is 2.14 bits per heavy atom. The zero-order chi connectivity index (χ0) is 26.5.